The Kier molecular flexibility index (Phi) is 8.27. The van der Waals surface area contributed by atoms with Gasteiger partial charge < -0.3 is 25.5 Å². The number of aliphatic hydroxyl groups is 3. The molecule has 0 aliphatic rings. The Bertz CT molecular complexity index is 896. The molecule has 2 aromatic carbocycles. The van der Waals surface area contributed by atoms with Gasteiger partial charge in [0.05, 0.1) is 24.9 Å². The van der Waals surface area contributed by atoms with Crippen molar-refractivity contribution in [1.29, 1.82) is 0 Å². The zero-order valence-corrected chi connectivity index (χ0v) is 17.6. The van der Waals surface area contributed by atoms with E-state index in [1.165, 1.54) is 0 Å². The lowest BCUT2D eigenvalue weighted by atomic mass is 9.92. The Morgan fingerprint density at radius 2 is 1.59 bits per heavy atom. The van der Waals surface area contributed by atoms with Crippen molar-refractivity contribution in [1.82, 2.24) is 4.98 Å². The molecule has 3 aromatic rings. The fourth-order valence-corrected chi connectivity index (χ4v) is 3.58. The molecule has 0 spiro atoms. The molecule has 1 heterocycles. The second-order valence-corrected chi connectivity index (χ2v) is 7.99. The highest BCUT2D eigenvalue weighted by Crippen LogP contribution is 2.31. The number of aryl methyl sites for hydroxylation is 1. The quantitative estimate of drug-likeness (QED) is 0.428. The predicted molar refractivity (Wildman–Crippen MR) is 115 cm³/mol. The third-order valence-electron chi connectivity index (χ3n) is 4.50. The summed E-state index contributed by atoms with van der Waals surface area (Å²) in [6, 6.07) is 15.6. The Morgan fingerprint density at radius 1 is 1.03 bits per heavy atom. The molecule has 1 aromatic heterocycles. The molecule has 0 saturated carbocycles. The maximum atomic E-state index is 10.3. The van der Waals surface area contributed by atoms with Crippen molar-refractivity contribution in [3.63, 3.8) is 0 Å². The van der Waals surface area contributed by atoms with Crippen LogP contribution < -0.4 is 5.73 Å². The van der Waals surface area contributed by atoms with Crippen molar-refractivity contribution in [2.24, 2.45) is 5.73 Å². The molecule has 0 fully saturated rings. The maximum absolute atomic E-state index is 10.3. The predicted octanol–water partition coefficient (Wildman–Crippen LogP) is 3.33. The number of nitrogens with zero attached hydrogens (tertiary/aromatic N) is 1. The van der Waals surface area contributed by atoms with Crippen LogP contribution in [-0.4, -0.2) is 39.1 Å². The van der Waals surface area contributed by atoms with Crippen LogP contribution in [0.5, 0.6) is 0 Å². The molecule has 29 heavy (non-hydrogen) atoms. The lowest BCUT2D eigenvalue weighted by Gasteiger charge is -2.27. The van der Waals surface area contributed by atoms with Gasteiger partial charge in [0.25, 0.3) is 0 Å². The van der Waals surface area contributed by atoms with Crippen LogP contribution in [0, 0.1) is 6.92 Å². The van der Waals surface area contributed by atoms with Crippen molar-refractivity contribution < 1.29 is 19.7 Å². The lowest BCUT2D eigenvalue weighted by molar-refractivity contribution is 0.0618. The van der Waals surface area contributed by atoms with Crippen LogP contribution in [0.2, 0.25) is 0 Å². The topological polar surface area (TPSA) is 113 Å². The summed E-state index contributed by atoms with van der Waals surface area (Å²) in [5.41, 5.74) is 7.15. The summed E-state index contributed by atoms with van der Waals surface area (Å²) in [5.74, 6) is 0.639. The van der Waals surface area contributed by atoms with Crippen LogP contribution in [0.15, 0.2) is 69.0 Å². The molecule has 156 valence electrons. The number of halogens is 1. The molecular formula is C21H25ClN2O4S. The van der Waals surface area contributed by atoms with Crippen LogP contribution in [0.25, 0.3) is 11.3 Å². The Balaban J connectivity index is 0.00000300. The number of benzene rings is 2. The lowest BCUT2D eigenvalue weighted by Crippen LogP contribution is -2.48. The fraction of sp³-hybridized carbons (Fsp3) is 0.286. The summed E-state index contributed by atoms with van der Waals surface area (Å²) >= 11 is 1.61. The van der Waals surface area contributed by atoms with Gasteiger partial charge in [-0.05, 0) is 36.2 Å². The zero-order chi connectivity index (χ0) is 20.1. The third kappa shape index (κ3) is 6.05. The molecule has 0 amide bonds. The average Bonchev–Trinajstić information content (AvgIpc) is 3.15. The molecule has 8 heteroatoms. The monoisotopic (exact) mass is 436 g/mol. The van der Waals surface area contributed by atoms with E-state index in [9.17, 15) is 15.3 Å². The first-order chi connectivity index (χ1) is 13.4. The maximum Gasteiger partial charge on any atom is 0.191 e. The van der Waals surface area contributed by atoms with Gasteiger partial charge in [-0.15, -0.1) is 12.4 Å². The highest BCUT2D eigenvalue weighted by molar-refractivity contribution is 7.99. The van der Waals surface area contributed by atoms with Gasteiger partial charge in [0.1, 0.15) is 12.0 Å². The Hall–Kier alpha value is -1.87. The molecule has 6 nitrogen and oxygen atoms in total. The van der Waals surface area contributed by atoms with Gasteiger partial charge in [0.15, 0.2) is 5.89 Å². The van der Waals surface area contributed by atoms with Crippen molar-refractivity contribution >= 4 is 24.2 Å². The van der Waals surface area contributed by atoms with Crippen molar-refractivity contribution in [2.75, 3.05) is 13.2 Å². The molecule has 0 bridgehead atoms. The molecular weight excluding hydrogens is 412 g/mol. The largest absolute Gasteiger partial charge is 0.449 e. The smallest absolute Gasteiger partial charge is 0.191 e. The summed E-state index contributed by atoms with van der Waals surface area (Å²) in [6.45, 7) is 1.03. The van der Waals surface area contributed by atoms with E-state index in [-0.39, 0.29) is 18.8 Å². The molecule has 0 saturated heterocycles. The van der Waals surface area contributed by atoms with E-state index in [4.69, 9.17) is 10.2 Å². The summed E-state index contributed by atoms with van der Waals surface area (Å²) < 4.78 is 5.25. The second-order valence-electron chi connectivity index (χ2n) is 6.85. The number of aliphatic hydroxyl groups excluding tert-OH is 3. The Morgan fingerprint density at radius 3 is 2.07 bits per heavy atom. The van der Waals surface area contributed by atoms with Crippen LogP contribution in [0.4, 0.5) is 0 Å². The van der Waals surface area contributed by atoms with E-state index in [1.807, 2.05) is 55.5 Å². The van der Waals surface area contributed by atoms with E-state index in [1.54, 1.807) is 18.0 Å². The van der Waals surface area contributed by atoms with Gasteiger partial charge >= 0.3 is 0 Å². The molecule has 1 atom stereocenters. The minimum atomic E-state index is -1.20. The van der Waals surface area contributed by atoms with E-state index in [2.05, 4.69) is 4.98 Å². The van der Waals surface area contributed by atoms with Crippen LogP contribution >= 0.6 is 24.2 Å². The number of nitrogens with two attached hydrogens (primary N) is 1. The molecule has 1 unspecified atom stereocenters. The first-order valence-corrected chi connectivity index (χ1v) is 9.73. The van der Waals surface area contributed by atoms with Crippen LogP contribution in [0.1, 0.15) is 24.0 Å². The van der Waals surface area contributed by atoms with Crippen molar-refractivity contribution in [3.8, 4) is 11.3 Å². The minimum Gasteiger partial charge on any atom is -0.449 e. The number of oxazole rings is 1. The molecule has 0 aliphatic carbocycles. The summed E-state index contributed by atoms with van der Waals surface area (Å²) in [7, 11) is 0. The highest BCUT2D eigenvalue weighted by Gasteiger charge is 2.27. The summed E-state index contributed by atoms with van der Waals surface area (Å²) in [6.07, 6.45) is 0.870. The van der Waals surface area contributed by atoms with Crippen molar-refractivity contribution in [2.45, 2.75) is 34.8 Å². The first kappa shape index (κ1) is 23.4. The Labute approximate surface area is 180 Å². The van der Waals surface area contributed by atoms with E-state index >= 15 is 0 Å². The first-order valence-electron chi connectivity index (χ1n) is 8.91. The highest BCUT2D eigenvalue weighted by atomic mass is 35.5. The van der Waals surface area contributed by atoms with Gasteiger partial charge in [0.2, 0.25) is 0 Å². The van der Waals surface area contributed by atoms with Gasteiger partial charge in [-0.3, -0.25) is 0 Å². The van der Waals surface area contributed by atoms with Crippen LogP contribution in [0.3, 0.4) is 0 Å². The molecule has 5 N–H and O–H groups in total. The van der Waals surface area contributed by atoms with Gasteiger partial charge in [-0.25, -0.2) is 4.98 Å². The number of rotatable bonds is 8. The standard InChI is InChI=1S/C21H24N2O4S.ClH/c1-14-23-19(11-27-14)15-2-6-17(7-3-15)28-18-8-4-16(5-9-18)20(26)10-21(22,12-24)13-25;/h2-9,11,20,24-26H,10,12-13,22H2,1H3;1H. The van der Waals surface area contributed by atoms with Crippen molar-refractivity contribution in [3.05, 3.63) is 66.2 Å². The summed E-state index contributed by atoms with van der Waals surface area (Å²) in [4.78, 5) is 6.43. The average molecular weight is 437 g/mol. The number of hydrogen-bond acceptors (Lipinski definition) is 7. The van der Waals surface area contributed by atoms with Gasteiger partial charge in [-0.2, -0.15) is 0 Å². The van der Waals surface area contributed by atoms with Gasteiger partial charge in [0, 0.05) is 22.3 Å². The van der Waals surface area contributed by atoms with E-state index < -0.39 is 24.9 Å². The second kappa shape index (κ2) is 10.2. The van der Waals surface area contributed by atoms with E-state index in [0.717, 1.165) is 21.0 Å². The zero-order valence-electron chi connectivity index (χ0n) is 16.0. The van der Waals surface area contributed by atoms with Gasteiger partial charge in [-0.1, -0.05) is 36.0 Å². The SMILES string of the molecule is Cc1nc(-c2ccc(Sc3ccc(C(O)CC(N)(CO)CO)cc3)cc2)co1.Cl. The van der Waals surface area contributed by atoms with E-state index in [0.29, 0.717) is 11.5 Å². The molecule has 0 aliphatic heterocycles. The third-order valence-corrected chi connectivity index (χ3v) is 5.52. The minimum absolute atomic E-state index is 0. The summed E-state index contributed by atoms with van der Waals surface area (Å²) in [5, 5.41) is 28.9. The number of hydrogen-bond donors (Lipinski definition) is 4. The normalized spacial score (nSPS) is 12.4. The van der Waals surface area contributed by atoms with Crippen LogP contribution in [-0.2, 0) is 0 Å². The number of aromatic nitrogens is 1. The fourth-order valence-electron chi connectivity index (χ4n) is 2.77. The molecule has 3 rings (SSSR count). The molecule has 0 radical (unpaired) electrons.